The Labute approximate surface area is 93.6 Å². The molecule has 2 heterocycles. The molecule has 0 radical (unpaired) electrons. The molecule has 0 aliphatic rings. The van der Waals surface area contributed by atoms with Crippen LogP contribution >= 0.6 is 11.3 Å². The van der Waals surface area contributed by atoms with Crippen LogP contribution in [0.1, 0.15) is 5.56 Å². The third-order valence-electron chi connectivity index (χ3n) is 2.46. The van der Waals surface area contributed by atoms with Gasteiger partial charge in [-0.15, -0.1) is 11.3 Å². The Morgan fingerprint density at radius 3 is 3.00 bits per heavy atom. The summed E-state index contributed by atoms with van der Waals surface area (Å²) in [6.45, 7) is 1.82. The van der Waals surface area contributed by atoms with Crippen molar-refractivity contribution in [3.05, 3.63) is 40.2 Å². The first-order chi connectivity index (χ1) is 7.66. The first-order valence-corrected chi connectivity index (χ1v) is 5.54. The lowest BCUT2D eigenvalue weighted by Crippen LogP contribution is -2.03. The van der Waals surface area contributed by atoms with Gasteiger partial charge in [0.2, 0.25) is 0 Å². The predicted molar refractivity (Wildman–Crippen MR) is 62.4 cm³/mol. The quantitative estimate of drug-likeness (QED) is 0.649. The summed E-state index contributed by atoms with van der Waals surface area (Å²) >= 11 is 1.14. The van der Waals surface area contributed by atoms with Crippen molar-refractivity contribution in [3.8, 4) is 0 Å². The van der Waals surface area contributed by atoms with Gasteiger partial charge in [-0.1, -0.05) is 0 Å². The number of aromatic nitrogens is 2. The maximum Gasteiger partial charge on any atom is 0.268 e. The second-order valence-corrected chi connectivity index (χ2v) is 4.66. The van der Waals surface area contributed by atoms with Gasteiger partial charge in [-0.25, -0.2) is 9.37 Å². The highest BCUT2D eigenvalue weighted by atomic mass is 32.1. The minimum atomic E-state index is -0.294. The van der Waals surface area contributed by atoms with Gasteiger partial charge >= 0.3 is 0 Å². The zero-order valence-electron chi connectivity index (χ0n) is 8.37. The van der Waals surface area contributed by atoms with Crippen molar-refractivity contribution in [1.29, 1.82) is 0 Å². The predicted octanol–water partition coefficient (Wildman–Crippen LogP) is 2.59. The molecule has 80 valence electrons. The molecule has 0 aliphatic heterocycles. The molecule has 5 heteroatoms. The standard InChI is InChI=1S/C11H7FN2OS/c1-5-2-6-8-10(11(15)14-4-13-8)16-9(6)7(12)3-5/h2-4H,1H3,(H,13,14,15). The van der Waals surface area contributed by atoms with Crippen LogP contribution < -0.4 is 5.56 Å². The molecule has 0 saturated carbocycles. The average molecular weight is 234 g/mol. The maximum absolute atomic E-state index is 13.7. The van der Waals surface area contributed by atoms with Gasteiger partial charge in [0.15, 0.2) is 0 Å². The highest BCUT2D eigenvalue weighted by Crippen LogP contribution is 2.32. The number of benzene rings is 1. The summed E-state index contributed by atoms with van der Waals surface area (Å²) in [7, 11) is 0. The molecule has 0 fully saturated rings. The summed E-state index contributed by atoms with van der Waals surface area (Å²) in [6, 6.07) is 3.32. The van der Waals surface area contributed by atoms with Crippen molar-refractivity contribution in [3.63, 3.8) is 0 Å². The molecule has 0 unspecified atom stereocenters. The van der Waals surface area contributed by atoms with Gasteiger partial charge in [0.25, 0.3) is 5.56 Å². The van der Waals surface area contributed by atoms with Crippen molar-refractivity contribution < 1.29 is 4.39 Å². The van der Waals surface area contributed by atoms with E-state index in [2.05, 4.69) is 9.97 Å². The third kappa shape index (κ3) is 1.18. The fourth-order valence-corrected chi connectivity index (χ4v) is 2.82. The number of hydrogen-bond acceptors (Lipinski definition) is 3. The van der Waals surface area contributed by atoms with E-state index in [4.69, 9.17) is 0 Å². The van der Waals surface area contributed by atoms with Gasteiger partial charge in [-0.3, -0.25) is 4.79 Å². The van der Waals surface area contributed by atoms with E-state index in [1.54, 1.807) is 0 Å². The van der Waals surface area contributed by atoms with Crippen molar-refractivity contribution in [2.45, 2.75) is 6.92 Å². The lowest BCUT2D eigenvalue weighted by Gasteiger charge is -1.95. The van der Waals surface area contributed by atoms with E-state index in [0.717, 1.165) is 16.9 Å². The number of nitrogens with zero attached hydrogens (tertiary/aromatic N) is 1. The van der Waals surface area contributed by atoms with Crippen LogP contribution in [0.3, 0.4) is 0 Å². The normalized spacial score (nSPS) is 11.4. The molecule has 0 bridgehead atoms. The summed E-state index contributed by atoms with van der Waals surface area (Å²) in [4.78, 5) is 18.1. The van der Waals surface area contributed by atoms with Gasteiger partial charge in [-0.05, 0) is 24.6 Å². The topological polar surface area (TPSA) is 45.8 Å². The number of aromatic amines is 1. The number of H-pyrrole nitrogens is 1. The first kappa shape index (κ1) is 9.47. The van der Waals surface area contributed by atoms with Crippen LogP contribution in [0.5, 0.6) is 0 Å². The zero-order valence-corrected chi connectivity index (χ0v) is 9.19. The van der Waals surface area contributed by atoms with E-state index in [0.29, 0.717) is 20.3 Å². The Morgan fingerprint density at radius 1 is 1.38 bits per heavy atom. The highest BCUT2D eigenvalue weighted by Gasteiger charge is 2.12. The Bertz CT molecular complexity index is 760. The fraction of sp³-hybridized carbons (Fsp3) is 0.0909. The monoisotopic (exact) mass is 234 g/mol. The number of fused-ring (bicyclic) bond motifs is 3. The number of rotatable bonds is 0. The summed E-state index contributed by atoms with van der Waals surface area (Å²) < 4.78 is 14.7. The van der Waals surface area contributed by atoms with Gasteiger partial charge in [0.05, 0.1) is 16.5 Å². The summed E-state index contributed by atoms with van der Waals surface area (Å²) in [5.74, 6) is -0.294. The Hall–Kier alpha value is -1.75. The van der Waals surface area contributed by atoms with E-state index < -0.39 is 0 Å². The van der Waals surface area contributed by atoms with Crippen molar-refractivity contribution >= 4 is 31.6 Å². The van der Waals surface area contributed by atoms with Crippen LogP contribution in [0.25, 0.3) is 20.3 Å². The minimum absolute atomic E-state index is 0.219. The minimum Gasteiger partial charge on any atom is -0.312 e. The largest absolute Gasteiger partial charge is 0.312 e. The number of hydrogen-bond donors (Lipinski definition) is 1. The smallest absolute Gasteiger partial charge is 0.268 e. The number of nitrogens with one attached hydrogen (secondary N) is 1. The zero-order chi connectivity index (χ0) is 11.3. The van der Waals surface area contributed by atoms with Gasteiger partial charge in [0.1, 0.15) is 10.5 Å². The third-order valence-corrected chi connectivity index (χ3v) is 3.66. The molecule has 0 amide bonds. The molecule has 0 spiro atoms. The molecule has 0 aliphatic carbocycles. The number of halogens is 1. The lowest BCUT2D eigenvalue weighted by atomic mass is 10.1. The molecule has 3 rings (SSSR count). The molecule has 0 saturated heterocycles. The summed E-state index contributed by atoms with van der Waals surface area (Å²) in [5, 5.41) is 0.712. The van der Waals surface area contributed by atoms with Gasteiger partial charge in [0, 0.05) is 5.39 Å². The van der Waals surface area contributed by atoms with Crippen LogP contribution in [-0.2, 0) is 0 Å². The van der Waals surface area contributed by atoms with Crippen molar-refractivity contribution in [2.75, 3.05) is 0 Å². The number of aryl methyl sites for hydroxylation is 1. The van der Waals surface area contributed by atoms with Crippen LogP contribution in [0.2, 0.25) is 0 Å². The van der Waals surface area contributed by atoms with Gasteiger partial charge in [-0.2, -0.15) is 0 Å². The van der Waals surface area contributed by atoms with Crippen molar-refractivity contribution in [1.82, 2.24) is 9.97 Å². The van der Waals surface area contributed by atoms with E-state index >= 15 is 0 Å². The highest BCUT2D eigenvalue weighted by molar-refractivity contribution is 7.25. The molecule has 1 N–H and O–H groups in total. The Kier molecular flexibility index (Phi) is 1.85. The van der Waals surface area contributed by atoms with Crippen LogP contribution in [0.4, 0.5) is 4.39 Å². The van der Waals surface area contributed by atoms with Crippen LogP contribution in [-0.4, -0.2) is 9.97 Å². The summed E-state index contributed by atoms with van der Waals surface area (Å²) in [5.41, 5.74) is 1.18. The molecular weight excluding hydrogens is 227 g/mol. The lowest BCUT2D eigenvalue weighted by molar-refractivity contribution is 0.640. The molecule has 1 aromatic carbocycles. The molecule has 2 aromatic heterocycles. The van der Waals surface area contributed by atoms with Crippen LogP contribution in [0, 0.1) is 12.7 Å². The molecular formula is C11H7FN2OS. The Balaban J connectivity index is 2.66. The van der Waals surface area contributed by atoms with Gasteiger partial charge < -0.3 is 4.98 Å². The maximum atomic E-state index is 13.7. The van der Waals surface area contributed by atoms with E-state index in [1.807, 2.05) is 13.0 Å². The van der Waals surface area contributed by atoms with E-state index in [9.17, 15) is 9.18 Å². The van der Waals surface area contributed by atoms with E-state index in [1.165, 1.54) is 12.4 Å². The first-order valence-electron chi connectivity index (χ1n) is 4.73. The SMILES string of the molecule is Cc1cc(F)c2sc3c(=O)[nH]cnc3c2c1. The summed E-state index contributed by atoms with van der Waals surface area (Å²) in [6.07, 6.45) is 1.34. The molecule has 16 heavy (non-hydrogen) atoms. The molecule has 3 aromatic rings. The molecule has 3 nitrogen and oxygen atoms in total. The van der Waals surface area contributed by atoms with Crippen LogP contribution in [0.15, 0.2) is 23.3 Å². The second-order valence-electron chi connectivity index (χ2n) is 3.63. The second kappa shape index (κ2) is 3.12. The molecule has 0 atom stereocenters. The van der Waals surface area contributed by atoms with E-state index in [-0.39, 0.29) is 11.4 Å². The Morgan fingerprint density at radius 2 is 2.19 bits per heavy atom. The van der Waals surface area contributed by atoms with Crippen molar-refractivity contribution in [2.24, 2.45) is 0 Å². The number of thiophene rings is 1. The fourth-order valence-electron chi connectivity index (χ4n) is 1.78. The average Bonchev–Trinajstić information content (AvgIpc) is 2.59.